The van der Waals surface area contributed by atoms with Crippen LogP contribution < -0.4 is 4.72 Å². The van der Waals surface area contributed by atoms with Crippen LogP contribution in [-0.2, 0) is 16.4 Å². The van der Waals surface area contributed by atoms with E-state index in [1.54, 1.807) is 12.4 Å². The molecule has 19 heavy (non-hydrogen) atoms. The van der Waals surface area contributed by atoms with E-state index >= 15 is 0 Å². The van der Waals surface area contributed by atoms with Gasteiger partial charge in [-0.1, -0.05) is 12.1 Å². The van der Waals surface area contributed by atoms with Gasteiger partial charge in [0.1, 0.15) is 17.0 Å². The number of sulfonamides is 1. The Hall–Kier alpha value is -1.86. The van der Waals surface area contributed by atoms with E-state index in [2.05, 4.69) is 14.7 Å². The van der Waals surface area contributed by atoms with Crippen LogP contribution in [0, 0.1) is 5.82 Å². The Bertz CT molecular complexity index is 647. The second-order valence-electron chi connectivity index (χ2n) is 3.82. The van der Waals surface area contributed by atoms with E-state index in [1.165, 1.54) is 24.5 Å². The first-order chi connectivity index (χ1) is 9.09. The van der Waals surface area contributed by atoms with Gasteiger partial charge in [-0.2, -0.15) is 0 Å². The maximum atomic E-state index is 13.4. The van der Waals surface area contributed by atoms with Gasteiger partial charge in [-0.05, 0) is 24.1 Å². The summed E-state index contributed by atoms with van der Waals surface area (Å²) in [6.07, 6.45) is 5.04. The number of hydrogen-bond acceptors (Lipinski definition) is 4. The lowest BCUT2D eigenvalue weighted by Gasteiger charge is -2.07. The van der Waals surface area contributed by atoms with E-state index in [9.17, 15) is 12.8 Å². The largest absolute Gasteiger partial charge is 0.245 e. The number of halogens is 1. The van der Waals surface area contributed by atoms with Gasteiger partial charge < -0.3 is 0 Å². The maximum absolute atomic E-state index is 13.4. The van der Waals surface area contributed by atoms with Crippen molar-refractivity contribution in [3.05, 3.63) is 54.4 Å². The Morgan fingerprint density at radius 3 is 2.53 bits per heavy atom. The number of nitrogens with one attached hydrogen (secondary N) is 1. The number of nitrogens with zero attached hydrogens (tertiary/aromatic N) is 2. The molecule has 0 saturated carbocycles. The summed E-state index contributed by atoms with van der Waals surface area (Å²) in [5.74, 6) is -0.766. The minimum absolute atomic E-state index is 0.157. The fourth-order valence-electron chi connectivity index (χ4n) is 1.53. The SMILES string of the molecule is O=S(=O)(NCCc1cncnc1)c1ccccc1F. The van der Waals surface area contributed by atoms with Gasteiger partial charge in [-0.3, -0.25) is 0 Å². The number of rotatable bonds is 5. The van der Waals surface area contributed by atoms with Crippen LogP contribution in [0.25, 0.3) is 0 Å². The van der Waals surface area contributed by atoms with Crippen LogP contribution in [0.3, 0.4) is 0 Å². The summed E-state index contributed by atoms with van der Waals surface area (Å²) in [5.41, 5.74) is 0.804. The second kappa shape index (κ2) is 5.85. The molecule has 0 atom stereocenters. The molecule has 0 aliphatic carbocycles. The summed E-state index contributed by atoms with van der Waals surface area (Å²) >= 11 is 0. The molecular formula is C12H12FN3O2S. The Kier molecular flexibility index (Phi) is 4.18. The average molecular weight is 281 g/mol. The molecule has 5 nitrogen and oxygen atoms in total. The maximum Gasteiger partial charge on any atom is 0.243 e. The minimum Gasteiger partial charge on any atom is -0.245 e. The lowest BCUT2D eigenvalue weighted by molar-refractivity contribution is 0.557. The van der Waals surface area contributed by atoms with Crippen LogP contribution in [0.2, 0.25) is 0 Å². The van der Waals surface area contributed by atoms with E-state index in [4.69, 9.17) is 0 Å². The van der Waals surface area contributed by atoms with Crippen LogP contribution in [0.1, 0.15) is 5.56 Å². The molecule has 0 bridgehead atoms. The normalized spacial score (nSPS) is 11.4. The Balaban J connectivity index is 2.01. The Labute approximate surface area is 110 Å². The highest BCUT2D eigenvalue weighted by atomic mass is 32.2. The van der Waals surface area contributed by atoms with Gasteiger partial charge in [-0.15, -0.1) is 0 Å². The molecule has 1 aromatic heterocycles. The van der Waals surface area contributed by atoms with Crippen LogP contribution in [0.4, 0.5) is 4.39 Å². The molecule has 1 N–H and O–H groups in total. The molecular weight excluding hydrogens is 269 g/mol. The Morgan fingerprint density at radius 2 is 1.84 bits per heavy atom. The molecule has 1 aromatic carbocycles. The molecule has 7 heteroatoms. The third-order valence-electron chi connectivity index (χ3n) is 2.45. The molecule has 2 rings (SSSR count). The molecule has 2 aromatic rings. The number of hydrogen-bond donors (Lipinski definition) is 1. The van der Waals surface area contributed by atoms with Crippen molar-refractivity contribution in [3.8, 4) is 0 Å². The van der Waals surface area contributed by atoms with E-state index in [0.29, 0.717) is 6.42 Å². The van der Waals surface area contributed by atoms with Gasteiger partial charge in [-0.25, -0.2) is 27.5 Å². The van der Waals surface area contributed by atoms with Crippen molar-refractivity contribution in [1.29, 1.82) is 0 Å². The first-order valence-electron chi connectivity index (χ1n) is 5.58. The second-order valence-corrected chi connectivity index (χ2v) is 5.56. The van der Waals surface area contributed by atoms with Gasteiger partial charge in [0.25, 0.3) is 0 Å². The van der Waals surface area contributed by atoms with Crippen molar-refractivity contribution >= 4 is 10.0 Å². The molecule has 0 aliphatic heterocycles. The standard InChI is InChI=1S/C12H12FN3O2S/c13-11-3-1-2-4-12(11)19(17,18)16-6-5-10-7-14-9-15-8-10/h1-4,7-9,16H,5-6H2. The Morgan fingerprint density at radius 1 is 1.16 bits per heavy atom. The van der Waals surface area contributed by atoms with E-state index in [-0.39, 0.29) is 11.4 Å². The quantitative estimate of drug-likeness (QED) is 0.892. The van der Waals surface area contributed by atoms with Crippen LogP contribution in [0.15, 0.2) is 47.9 Å². The van der Waals surface area contributed by atoms with Gasteiger partial charge in [0.05, 0.1) is 0 Å². The predicted molar refractivity (Wildman–Crippen MR) is 67.3 cm³/mol. The minimum atomic E-state index is -3.83. The highest BCUT2D eigenvalue weighted by molar-refractivity contribution is 7.89. The zero-order valence-corrected chi connectivity index (χ0v) is 10.8. The van der Waals surface area contributed by atoms with Gasteiger partial charge in [0.2, 0.25) is 10.0 Å². The van der Waals surface area contributed by atoms with Crippen molar-refractivity contribution in [2.24, 2.45) is 0 Å². The van der Waals surface area contributed by atoms with Crippen LogP contribution in [0.5, 0.6) is 0 Å². The zero-order chi connectivity index (χ0) is 13.7. The number of aromatic nitrogens is 2. The van der Waals surface area contributed by atoms with E-state index in [1.807, 2.05) is 0 Å². The van der Waals surface area contributed by atoms with Crippen molar-refractivity contribution in [1.82, 2.24) is 14.7 Å². The fourth-order valence-corrected chi connectivity index (χ4v) is 2.64. The lowest BCUT2D eigenvalue weighted by atomic mass is 10.2. The molecule has 0 unspecified atom stereocenters. The van der Waals surface area contributed by atoms with Crippen molar-refractivity contribution < 1.29 is 12.8 Å². The molecule has 0 aliphatic rings. The van der Waals surface area contributed by atoms with Gasteiger partial charge >= 0.3 is 0 Å². The average Bonchev–Trinajstić information content (AvgIpc) is 2.40. The molecule has 0 fully saturated rings. The first kappa shape index (κ1) is 13.6. The van der Waals surface area contributed by atoms with Crippen LogP contribution >= 0.6 is 0 Å². The van der Waals surface area contributed by atoms with E-state index < -0.39 is 15.8 Å². The monoisotopic (exact) mass is 281 g/mol. The molecule has 0 radical (unpaired) electrons. The summed E-state index contributed by atoms with van der Waals surface area (Å²) in [5, 5.41) is 0. The molecule has 1 heterocycles. The first-order valence-corrected chi connectivity index (χ1v) is 7.06. The lowest BCUT2D eigenvalue weighted by Crippen LogP contribution is -2.26. The summed E-state index contributed by atoms with van der Waals surface area (Å²) in [4.78, 5) is 7.30. The summed E-state index contributed by atoms with van der Waals surface area (Å²) in [6, 6.07) is 5.25. The summed E-state index contributed by atoms with van der Waals surface area (Å²) < 4.78 is 39.5. The number of benzene rings is 1. The van der Waals surface area contributed by atoms with Crippen molar-refractivity contribution in [2.45, 2.75) is 11.3 Å². The van der Waals surface area contributed by atoms with Gasteiger partial charge in [0, 0.05) is 18.9 Å². The summed E-state index contributed by atoms with van der Waals surface area (Å²) in [6.45, 7) is 0.157. The van der Waals surface area contributed by atoms with Crippen molar-refractivity contribution in [3.63, 3.8) is 0 Å². The summed E-state index contributed by atoms with van der Waals surface area (Å²) in [7, 11) is -3.83. The third-order valence-corrected chi connectivity index (χ3v) is 3.94. The molecule has 0 spiro atoms. The third kappa shape index (κ3) is 3.55. The van der Waals surface area contributed by atoms with E-state index in [0.717, 1.165) is 11.6 Å². The smallest absolute Gasteiger partial charge is 0.243 e. The molecule has 0 saturated heterocycles. The van der Waals surface area contributed by atoms with Gasteiger partial charge in [0.15, 0.2) is 0 Å². The van der Waals surface area contributed by atoms with Crippen LogP contribution in [-0.4, -0.2) is 24.9 Å². The topological polar surface area (TPSA) is 72.0 Å². The highest BCUT2D eigenvalue weighted by Crippen LogP contribution is 2.12. The molecule has 100 valence electrons. The highest BCUT2D eigenvalue weighted by Gasteiger charge is 2.17. The fraction of sp³-hybridized carbons (Fsp3) is 0.167. The zero-order valence-electron chi connectivity index (χ0n) is 9.95. The van der Waals surface area contributed by atoms with Crippen molar-refractivity contribution in [2.75, 3.05) is 6.54 Å². The molecule has 0 amide bonds. The predicted octanol–water partition coefficient (Wildman–Crippen LogP) is 1.14.